The molecule has 3 aliphatic rings. The predicted molar refractivity (Wildman–Crippen MR) is 138 cm³/mol. The highest BCUT2D eigenvalue weighted by Gasteiger charge is 2.85. The van der Waals surface area contributed by atoms with Gasteiger partial charge in [-0.05, 0) is 91.4 Å². The third kappa shape index (κ3) is 6.45. The van der Waals surface area contributed by atoms with Gasteiger partial charge in [0.1, 0.15) is 19.0 Å². The van der Waals surface area contributed by atoms with Crippen molar-refractivity contribution in [2.75, 3.05) is 33.5 Å². The van der Waals surface area contributed by atoms with Gasteiger partial charge in [-0.2, -0.15) is 39.5 Å². The second-order valence-electron chi connectivity index (χ2n) is 11.9. The number of amides is 1. The zero-order valence-corrected chi connectivity index (χ0v) is 24.3. The number of benzene rings is 1. The Morgan fingerprint density at radius 3 is 2.23 bits per heavy atom. The number of fused-ring (bicyclic) bond motifs is 5. The molecule has 2 fully saturated rings. The first kappa shape index (κ1) is 34.5. The molecule has 0 saturated heterocycles. The number of nitrogens with one attached hydrogen (secondary N) is 1. The molecule has 3 aliphatic carbocycles. The van der Waals surface area contributed by atoms with Gasteiger partial charge in [-0.3, -0.25) is 0 Å². The highest BCUT2D eigenvalue weighted by atomic mass is 19.4. The average molecular weight is 650 g/mol. The number of hydrogen-bond acceptors (Lipinski definition) is 5. The van der Waals surface area contributed by atoms with Gasteiger partial charge in [0, 0.05) is 13.7 Å². The molecule has 1 N–H and O–H groups in total. The Balaban J connectivity index is 1.32. The molecule has 0 heterocycles. The van der Waals surface area contributed by atoms with Crippen molar-refractivity contribution in [2.24, 2.45) is 17.3 Å². The molecule has 1 amide bonds. The van der Waals surface area contributed by atoms with Crippen molar-refractivity contribution in [1.82, 2.24) is 5.32 Å². The maximum atomic E-state index is 13.1. The van der Waals surface area contributed by atoms with Crippen LogP contribution < -0.4 is 10.1 Å². The summed E-state index contributed by atoms with van der Waals surface area (Å²) in [5, 5.41) is 2.35. The minimum Gasteiger partial charge on any atom is -0.490 e. The summed E-state index contributed by atoms with van der Waals surface area (Å²) in [4.78, 5) is 11.2. The fourth-order valence-electron chi connectivity index (χ4n) is 7.48. The van der Waals surface area contributed by atoms with Crippen molar-refractivity contribution in [3.63, 3.8) is 0 Å². The minimum atomic E-state index is -6.74. The normalized spacial score (nSPS) is 27.2. The lowest BCUT2D eigenvalue weighted by Crippen LogP contribution is -2.67. The van der Waals surface area contributed by atoms with E-state index in [2.05, 4.69) is 23.0 Å². The van der Waals surface area contributed by atoms with Crippen LogP contribution in [0.2, 0.25) is 0 Å². The van der Waals surface area contributed by atoms with Crippen molar-refractivity contribution in [2.45, 2.75) is 88.0 Å². The van der Waals surface area contributed by atoms with Crippen molar-refractivity contribution in [1.29, 1.82) is 0 Å². The van der Waals surface area contributed by atoms with Crippen LogP contribution in [0.25, 0.3) is 0 Å². The monoisotopic (exact) mass is 649 g/mol. The molecule has 4 rings (SSSR count). The number of alkyl carbamates (subject to hydrolysis) is 1. The van der Waals surface area contributed by atoms with Crippen LogP contribution in [0.4, 0.5) is 44.3 Å². The first-order chi connectivity index (χ1) is 20.5. The topological polar surface area (TPSA) is 66.0 Å². The number of hydrogen-bond donors (Lipinski definition) is 1. The summed E-state index contributed by atoms with van der Waals surface area (Å²) in [6.45, 7) is 0.634. The summed E-state index contributed by atoms with van der Waals surface area (Å²) in [6, 6.07) is 5.96. The lowest BCUT2D eigenvalue weighted by molar-refractivity contribution is -0.457. The van der Waals surface area contributed by atoms with Crippen LogP contribution in [0.15, 0.2) is 18.2 Å². The number of aryl methyl sites for hydroxylation is 1. The van der Waals surface area contributed by atoms with Gasteiger partial charge < -0.3 is 24.3 Å². The SMILES string of the molecule is CNC(=O)OCCOc1ccc2c(c1)CC[C@@H]1[C@@H]2CC[C@]2(C)[C@@H](OCCCOC(C(F)(F)F)(C(F)(F)F)C(F)(F)F)CC[C@@H]12. The molecule has 1 aromatic carbocycles. The van der Waals surface area contributed by atoms with Gasteiger partial charge >= 0.3 is 30.2 Å². The maximum Gasteiger partial charge on any atom is 0.435 e. The first-order valence-electron chi connectivity index (χ1n) is 14.5. The van der Waals surface area contributed by atoms with Crippen molar-refractivity contribution in [3.05, 3.63) is 29.3 Å². The number of rotatable bonds is 10. The molecule has 15 heteroatoms. The largest absolute Gasteiger partial charge is 0.490 e. The van der Waals surface area contributed by atoms with E-state index in [0.717, 1.165) is 32.1 Å². The average Bonchev–Trinajstić information content (AvgIpc) is 3.26. The van der Waals surface area contributed by atoms with E-state index in [4.69, 9.17) is 14.2 Å². The Kier molecular flexibility index (Phi) is 9.99. The summed E-state index contributed by atoms with van der Waals surface area (Å²) in [5.74, 6) is 1.63. The molecule has 5 atom stereocenters. The molecule has 1 aromatic rings. The van der Waals surface area contributed by atoms with Crippen molar-refractivity contribution >= 4 is 6.09 Å². The fourth-order valence-corrected chi connectivity index (χ4v) is 7.48. The van der Waals surface area contributed by atoms with Crippen LogP contribution >= 0.6 is 0 Å². The van der Waals surface area contributed by atoms with E-state index in [0.29, 0.717) is 24.0 Å². The lowest BCUT2D eigenvalue weighted by atomic mass is 9.55. The molecule has 2 saturated carbocycles. The first-order valence-corrected chi connectivity index (χ1v) is 14.5. The van der Waals surface area contributed by atoms with E-state index in [1.807, 2.05) is 12.1 Å². The molecule has 0 bridgehead atoms. The van der Waals surface area contributed by atoms with Gasteiger partial charge in [0.05, 0.1) is 12.7 Å². The van der Waals surface area contributed by atoms with E-state index in [1.54, 1.807) is 0 Å². The molecule has 250 valence electrons. The Labute approximate surface area is 248 Å². The third-order valence-electron chi connectivity index (χ3n) is 9.52. The molecule has 44 heavy (non-hydrogen) atoms. The highest BCUT2D eigenvalue weighted by Crippen LogP contribution is 2.62. The van der Waals surface area contributed by atoms with E-state index in [-0.39, 0.29) is 37.3 Å². The van der Waals surface area contributed by atoms with Crippen LogP contribution in [-0.2, 0) is 20.6 Å². The van der Waals surface area contributed by atoms with E-state index < -0.39 is 43.3 Å². The third-order valence-corrected chi connectivity index (χ3v) is 9.52. The summed E-state index contributed by atoms with van der Waals surface area (Å²) < 4.78 is 138. The summed E-state index contributed by atoms with van der Waals surface area (Å²) in [5.41, 5.74) is -4.10. The molecule has 0 radical (unpaired) electrons. The number of ether oxygens (including phenoxy) is 4. The maximum absolute atomic E-state index is 13.1. The van der Waals surface area contributed by atoms with Crippen LogP contribution in [-0.4, -0.2) is 69.8 Å². The van der Waals surface area contributed by atoms with Crippen LogP contribution in [0, 0.1) is 17.3 Å². The van der Waals surface area contributed by atoms with Gasteiger partial charge in [0.2, 0.25) is 0 Å². The van der Waals surface area contributed by atoms with Gasteiger partial charge in [-0.1, -0.05) is 13.0 Å². The van der Waals surface area contributed by atoms with Gasteiger partial charge in [0.25, 0.3) is 0 Å². The van der Waals surface area contributed by atoms with E-state index in [9.17, 15) is 44.3 Å². The molecule has 0 aliphatic heterocycles. The van der Waals surface area contributed by atoms with Gasteiger partial charge in [-0.25, -0.2) is 4.79 Å². The number of halogens is 9. The molecular formula is C29H36F9NO5. The fraction of sp³-hybridized carbons (Fsp3) is 0.759. The molecule has 6 nitrogen and oxygen atoms in total. The summed E-state index contributed by atoms with van der Waals surface area (Å²) in [7, 11) is 1.46. The summed E-state index contributed by atoms with van der Waals surface area (Å²) in [6.07, 6.45) is -16.8. The number of carbonyl (C=O) groups is 1. The number of carbonyl (C=O) groups excluding carboxylic acids is 1. The molecule has 0 spiro atoms. The van der Waals surface area contributed by atoms with Crippen LogP contribution in [0.5, 0.6) is 5.75 Å². The predicted octanol–water partition coefficient (Wildman–Crippen LogP) is 7.50. The van der Waals surface area contributed by atoms with E-state index >= 15 is 0 Å². The van der Waals surface area contributed by atoms with Crippen molar-refractivity contribution in [3.8, 4) is 5.75 Å². The second kappa shape index (κ2) is 12.8. The van der Waals surface area contributed by atoms with E-state index in [1.165, 1.54) is 18.2 Å². The lowest BCUT2D eigenvalue weighted by Gasteiger charge is -2.50. The highest BCUT2D eigenvalue weighted by molar-refractivity contribution is 5.66. The smallest absolute Gasteiger partial charge is 0.435 e. The Bertz CT molecular complexity index is 1120. The zero-order chi connectivity index (χ0) is 32.6. The number of alkyl halides is 9. The molecular weight excluding hydrogens is 613 g/mol. The second-order valence-corrected chi connectivity index (χ2v) is 11.9. The van der Waals surface area contributed by atoms with Crippen LogP contribution in [0.3, 0.4) is 0 Å². The van der Waals surface area contributed by atoms with Crippen LogP contribution in [0.1, 0.15) is 62.5 Å². The van der Waals surface area contributed by atoms with Gasteiger partial charge in [0.15, 0.2) is 0 Å². The molecule has 0 unspecified atom stereocenters. The molecule has 0 aromatic heterocycles. The standard InChI is InChI=1S/C29H36F9NO5/c1-25-11-10-20-19-7-5-18(41-14-15-43-24(40)39-2)16-17(19)4-6-21(20)22(25)8-9-23(25)42-12-3-13-44-26(27(30,31)32,28(33,34)35)29(36,37)38/h5,7,16,20-23H,3-4,6,8-15H2,1-2H3,(H,39,40)/t20-,21-,22+,23+,25+/m1/s1. The minimum absolute atomic E-state index is 0.105. The van der Waals surface area contributed by atoms with Gasteiger partial charge in [-0.15, -0.1) is 0 Å². The van der Waals surface area contributed by atoms with Crippen molar-refractivity contribution < 1.29 is 63.3 Å². The Morgan fingerprint density at radius 1 is 0.909 bits per heavy atom. The zero-order valence-electron chi connectivity index (χ0n) is 24.3. The quantitative estimate of drug-likeness (QED) is 0.210. The Hall–Kier alpha value is -2.42. The summed E-state index contributed by atoms with van der Waals surface area (Å²) >= 11 is 0. The Morgan fingerprint density at radius 2 is 1.59 bits per heavy atom.